The van der Waals surface area contributed by atoms with E-state index < -0.39 is 0 Å². The number of rotatable bonds is 7. The summed E-state index contributed by atoms with van der Waals surface area (Å²) < 4.78 is 0. The third kappa shape index (κ3) is 6.44. The SMILES string of the molecule is CC(C)C[C@H](O)CCN(C)Cc1ccccc1. The van der Waals surface area contributed by atoms with Crippen LogP contribution in [0.2, 0.25) is 0 Å². The van der Waals surface area contributed by atoms with E-state index in [4.69, 9.17) is 0 Å². The van der Waals surface area contributed by atoms with Crippen LogP contribution in [0, 0.1) is 5.92 Å². The molecule has 96 valence electrons. The molecule has 0 radical (unpaired) electrons. The Labute approximate surface area is 105 Å². The predicted octanol–water partition coefficient (Wildman–Crippen LogP) is 2.92. The van der Waals surface area contributed by atoms with Gasteiger partial charge < -0.3 is 10.0 Å². The first-order valence-corrected chi connectivity index (χ1v) is 6.48. The molecular formula is C15H25NO. The Morgan fingerprint density at radius 1 is 1.18 bits per heavy atom. The molecule has 2 heteroatoms. The average Bonchev–Trinajstić information content (AvgIpc) is 2.27. The van der Waals surface area contributed by atoms with Gasteiger partial charge in [-0.25, -0.2) is 0 Å². The van der Waals surface area contributed by atoms with E-state index in [2.05, 4.69) is 50.1 Å². The Morgan fingerprint density at radius 3 is 2.41 bits per heavy atom. The van der Waals surface area contributed by atoms with E-state index in [1.807, 2.05) is 6.07 Å². The lowest BCUT2D eigenvalue weighted by Crippen LogP contribution is -2.23. The van der Waals surface area contributed by atoms with Crippen LogP contribution in [0.1, 0.15) is 32.3 Å². The monoisotopic (exact) mass is 235 g/mol. The Morgan fingerprint density at radius 2 is 1.82 bits per heavy atom. The molecule has 1 N–H and O–H groups in total. The summed E-state index contributed by atoms with van der Waals surface area (Å²) in [7, 11) is 2.11. The molecule has 0 heterocycles. The smallest absolute Gasteiger partial charge is 0.0554 e. The Kier molecular flexibility index (Phi) is 6.23. The lowest BCUT2D eigenvalue weighted by Gasteiger charge is -2.19. The second-order valence-corrected chi connectivity index (χ2v) is 5.30. The van der Waals surface area contributed by atoms with Crippen LogP contribution in [-0.4, -0.2) is 29.7 Å². The van der Waals surface area contributed by atoms with Crippen molar-refractivity contribution in [3.63, 3.8) is 0 Å². The van der Waals surface area contributed by atoms with E-state index >= 15 is 0 Å². The average molecular weight is 235 g/mol. The second kappa shape index (κ2) is 7.46. The van der Waals surface area contributed by atoms with E-state index in [1.54, 1.807) is 0 Å². The van der Waals surface area contributed by atoms with Gasteiger partial charge >= 0.3 is 0 Å². The summed E-state index contributed by atoms with van der Waals surface area (Å²) in [4.78, 5) is 2.26. The van der Waals surface area contributed by atoms with Crippen molar-refractivity contribution in [2.45, 2.75) is 39.3 Å². The summed E-state index contributed by atoms with van der Waals surface area (Å²) in [5, 5.41) is 9.81. The molecule has 0 aliphatic carbocycles. The maximum absolute atomic E-state index is 9.81. The molecule has 1 aromatic rings. The highest BCUT2D eigenvalue weighted by atomic mass is 16.3. The zero-order valence-corrected chi connectivity index (χ0v) is 11.3. The lowest BCUT2D eigenvalue weighted by molar-refractivity contribution is 0.124. The van der Waals surface area contributed by atoms with E-state index in [0.29, 0.717) is 5.92 Å². The molecule has 2 nitrogen and oxygen atoms in total. The number of hydrogen-bond acceptors (Lipinski definition) is 2. The molecule has 1 aromatic carbocycles. The number of hydrogen-bond donors (Lipinski definition) is 1. The molecule has 0 aliphatic heterocycles. The number of benzene rings is 1. The predicted molar refractivity (Wildman–Crippen MR) is 72.9 cm³/mol. The van der Waals surface area contributed by atoms with Crippen LogP contribution >= 0.6 is 0 Å². The first-order valence-electron chi connectivity index (χ1n) is 6.48. The highest BCUT2D eigenvalue weighted by Crippen LogP contribution is 2.09. The zero-order valence-electron chi connectivity index (χ0n) is 11.3. The van der Waals surface area contributed by atoms with Crippen molar-refractivity contribution >= 4 is 0 Å². The summed E-state index contributed by atoms with van der Waals surface area (Å²) in [6.45, 7) is 6.20. The van der Waals surface area contributed by atoms with Gasteiger partial charge in [0.15, 0.2) is 0 Å². The summed E-state index contributed by atoms with van der Waals surface area (Å²) >= 11 is 0. The third-order valence-corrected chi connectivity index (χ3v) is 2.88. The maximum Gasteiger partial charge on any atom is 0.0554 e. The van der Waals surface area contributed by atoms with Crippen molar-refractivity contribution in [1.29, 1.82) is 0 Å². The quantitative estimate of drug-likeness (QED) is 0.785. The molecule has 0 unspecified atom stereocenters. The minimum Gasteiger partial charge on any atom is -0.393 e. The van der Waals surface area contributed by atoms with Gasteiger partial charge in [0, 0.05) is 13.1 Å². The van der Waals surface area contributed by atoms with Crippen LogP contribution in [0.4, 0.5) is 0 Å². The van der Waals surface area contributed by atoms with Crippen LogP contribution in [-0.2, 0) is 6.54 Å². The van der Waals surface area contributed by atoms with Crippen molar-refractivity contribution in [3.8, 4) is 0 Å². The van der Waals surface area contributed by atoms with Gasteiger partial charge in [-0.1, -0.05) is 44.2 Å². The molecule has 1 rings (SSSR count). The van der Waals surface area contributed by atoms with E-state index in [-0.39, 0.29) is 6.10 Å². The summed E-state index contributed by atoms with van der Waals surface area (Å²) in [5.41, 5.74) is 1.33. The summed E-state index contributed by atoms with van der Waals surface area (Å²) in [6.07, 6.45) is 1.61. The van der Waals surface area contributed by atoms with Crippen molar-refractivity contribution in [2.24, 2.45) is 5.92 Å². The molecule has 0 spiro atoms. The van der Waals surface area contributed by atoms with Crippen molar-refractivity contribution in [1.82, 2.24) is 4.90 Å². The molecule has 0 fully saturated rings. The number of aliphatic hydroxyl groups is 1. The normalized spacial score (nSPS) is 13.3. The molecule has 0 bridgehead atoms. The fourth-order valence-electron chi connectivity index (χ4n) is 2.01. The zero-order chi connectivity index (χ0) is 12.7. The maximum atomic E-state index is 9.81. The van der Waals surface area contributed by atoms with Gasteiger partial charge in [0.2, 0.25) is 0 Å². The summed E-state index contributed by atoms with van der Waals surface area (Å²) in [6, 6.07) is 10.4. The topological polar surface area (TPSA) is 23.5 Å². The summed E-state index contributed by atoms with van der Waals surface area (Å²) in [5.74, 6) is 0.574. The molecule has 1 atom stereocenters. The largest absolute Gasteiger partial charge is 0.393 e. The highest BCUT2D eigenvalue weighted by Gasteiger charge is 2.08. The molecule has 0 saturated carbocycles. The Balaban J connectivity index is 2.23. The fraction of sp³-hybridized carbons (Fsp3) is 0.600. The number of aliphatic hydroxyl groups excluding tert-OH is 1. The van der Waals surface area contributed by atoms with Crippen LogP contribution in [0.15, 0.2) is 30.3 Å². The number of nitrogens with zero attached hydrogens (tertiary/aromatic N) is 1. The first kappa shape index (κ1) is 14.2. The van der Waals surface area contributed by atoms with E-state index in [0.717, 1.165) is 25.9 Å². The van der Waals surface area contributed by atoms with Crippen LogP contribution in [0.25, 0.3) is 0 Å². The molecule has 0 amide bonds. The van der Waals surface area contributed by atoms with E-state index in [1.165, 1.54) is 5.56 Å². The Bertz CT molecular complexity index is 297. The van der Waals surface area contributed by atoms with Crippen LogP contribution < -0.4 is 0 Å². The van der Waals surface area contributed by atoms with Crippen LogP contribution in [0.3, 0.4) is 0 Å². The van der Waals surface area contributed by atoms with E-state index in [9.17, 15) is 5.11 Å². The van der Waals surface area contributed by atoms with Gasteiger partial charge in [-0.3, -0.25) is 0 Å². The van der Waals surface area contributed by atoms with Gasteiger partial charge in [-0.2, -0.15) is 0 Å². The van der Waals surface area contributed by atoms with Gasteiger partial charge in [0.05, 0.1) is 6.10 Å². The fourth-order valence-corrected chi connectivity index (χ4v) is 2.01. The standard InChI is InChI=1S/C15H25NO/c1-13(2)11-15(17)9-10-16(3)12-14-7-5-4-6-8-14/h4-8,13,15,17H,9-12H2,1-3H3/t15-/m1/s1. The lowest BCUT2D eigenvalue weighted by atomic mass is 10.0. The van der Waals surface area contributed by atoms with Gasteiger partial charge in [0.1, 0.15) is 0 Å². The first-order chi connectivity index (χ1) is 8.08. The van der Waals surface area contributed by atoms with Gasteiger partial charge in [-0.15, -0.1) is 0 Å². The molecule has 0 aliphatic rings. The minimum atomic E-state index is -0.159. The van der Waals surface area contributed by atoms with Crippen LogP contribution in [0.5, 0.6) is 0 Å². The minimum absolute atomic E-state index is 0.159. The molecular weight excluding hydrogens is 210 g/mol. The molecule has 17 heavy (non-hydrogen) atoms. The second-order valence-electron chi connectivity index (χ2n) is 5.30. The van der Waals surface area contributed by atoms with Gasteiger partial charge in [0.25, 0.3) is 0 Å². The Hall–Kier alpha value is -0.860. The van der Waals surface area contributed by atoms with Crippen molar-refractivity contribution in [3.05, 3.63) is 35.9 Å². The molecule has 0 aromatic heterocycles. The van der Waals surface area contributed by atoms with Crippen molar-refractivity contribution < 1.29 is 5.11 Å². The molecule has 0 saturated heterocycles. The third-order valence-electron chi connectivity index (χ3n) is 2.88. The van der Waals surface area contributed by atoms with Crippen molar-refractivity contribution in [2.75, 3.05) is 13.6 Å². The highest BCUT2D eigenvalue weighted by molar-refractivity contribution is 5.14. The van der Waals surface area contributed by atoms with Gasteiger partial charge in [-0.05, 0) is 31.4 Å².